The Morgan fingerprint density at radius 1 is 0.862 bits per heavy atom. The van der Waals surface area contributed by atoms with Gasteiger partial charge in [-0.25, -0.2) is 0 Å². The zero-order chi connectivity index (χ0) is 22.8. The van der Waals surface area contributed by atoms with E-state index in [4.69, 9.17) is 5.41 Å². The first-order valence-corrected chi connectivity index (χ1v) is 13.0. The lowest BCUT2D eigenvalue weighted by molar-refractivity contribution is -0.899. The second-order valence-electron chi connectivity index (χ2n) is 8.28. The molecule has 0 saturated carbocycles. The summed E-state index contributed by atoms with van der Waals surface area (Å²) in [5.41, 5.74) is 0. The van der Waals surface area contributed by atoms with Crippen molar-refractivity contribution in [1.29, 1.82) is 5.41 Å². The van der Waals surface area contributed by atoms with Crippen LogP contribution in [0.4, 0.5) is 0 Å². The number of hydrogen-bond acceptors (Lipinski definition) is 4. The lowest BCUT2D eigenvalue weighted by atomic mass is 10.1. The standard InChI is InChI=1S/C14H29NO.C8H19NO3S/c1-2-3-4-5-6-7-8-9-10-11-12-13-14(15)16;1-5-7-8(6-2,9(3)4)13(10,11)12/h2-13H2,1H3,(H2,15,16);5-7H2,1-4H3,(H,10,11,12). The molecule has 0 aromatic heterocycles. The van der Waals surface area contributed by atoms with Crippen molar-refractivity contribution in [3.05, 3.63) is 0 Å². The van der Waals surface area contributed by atoms with Crippen LogP contribution < -0.4 is 10.0 Å². The fourth-order valence-corrected chi connectivity index (χ4v) is 5.05. The highest BCUT2D eigenvalue weighted by atomic mass is 32.2. The van der Waals surface area contributed by atoms with E-state index in [1.165, 1.54) is 57.8 Å². The van der Waals surface area contributed by atoms with Gasteiger partial charge in [-0.2, -0.15) is 8.42 Å². The van der Waals surface area contributed by atoms with Crippen LogP contribution in [0.2, 0.25) is 0 Å². The zero-order valence-corrected chi connectivity index (χ0v) is 20.5. The molecule has 6 nitrogen and oxygen atoms in total. The highest BCUT2D eigenvalue weighted by molar-refractivity contribution is 7.87. The molecule has 0 spiro atoms. The van der Waals surface area contributed by atoms with E-state index < -0.39 is 20.9 Å². The maximum atomic E-state index is 11.3. The Labute approximate surface area is 180 Å². The van der Waals surface area contributed by atoms with Crippen molar-refractivity contribution >= 4 is 16.0 Å². The van der Waals surface area contributed by atoms with Crippen molar-refractivity contribution in [2.24, 2.45) is 0 Å². The molecule has 0 rings (SSSR count). The van der Waals surface area contributed by atoms with Gasteiger partial charge >= 0.3 is 10.1 Å². The third kappa shape index (κ3) is 14.9. The van der Waals surface area contributed by atoms with Crippen LogP contribution in [0.5, 0.6) is 0 Å². The van der Waals surface area contributed by atoms with Crippen LogP contribution in [0, 0.1) is 5.41 Å². The molecule has 0 aliphatic heterocycles. The molecular formula is C22H48N2O4S. The molecule has 1 unspecified atom stereocenters. The van der Waals surface area contributed by atoms with Crippen molar-refractivity contribution in [3.8, 4) is 0 Å². The van der Waals surface area contributed by atoms with E-state index in [0.717, 1.165) is 24.2 Å². The normalized spacial score (nSPS) is 13.6. The summed E-state index contributed by atoms with van der Waals surface area (Å²) in [7, 11) is -0.461. The molecule has 0 saturated heterocycles. The third-order valence-electron chi connectivity index (χ3n) is 5.64. The Hall–Kier alpha value is -0.660. The first-order chi connectivity index (χ1) is 13.6. The van der Waals surface area contributed by atoms with Gasteiger partial charge in [0, 0.05) is 12.8 Å². The molecule has 0 aliphatic carbocycles. The molecule has 0 heterocycles. The number of nitrogens with one attached hydrogen (secondary N) is 2. The van der Waals surface area contributed by atoms with Crippen molar-refractivity contribution in [3.63, 3.8) is 0 Å². The second kappa shape index (κ2) is 18.1. The van der Waals surface area contributed by atoms with Gasteiger partial charge in [0.1, 0.15) is 0 Å². The minimum absolute atomic E-state index is 0.407. The Kier molecular flexibility index (Phi) is 19.1. The summed E-state index contributed by atoms with van der Waals surface area (Å²) in [5.74, 6) is -0.407. The smallest absolute Gasteiger partial charge is 0.322 e. The van der Waals surface area contributed by atoms with Gasteiger partial charge in [0.25, 0.3) is 0 Å². The number of quaternary nitrogens is 1. The van der Waals surface area contributed by atoms with Gasteiger partial charge in [-0.05, 0) is 25.2 Å². The molecule has 7 heteroatoms. The fourth-order valence-electron chi connectivity index (χ4n) is 3.70. The van der Waals surface area contributed by atoms with Crippen molar-refractivity contribution in [2.75, 3.05) is 14.1 Å². The fraction of sp³-hybridized carbons (Fsp3) is 0.955. The molecule has 0 fully saturated rings. The van der Waals surface area contributed by atoms with E-state index in [1.807, 2.05) is 6.92 Å². The van der Waals surface area contributed by atoms with Crippen LogP contribution in [-0.2, 0) is 10.1 Å². The average Bonchev–Trinajstić information content (AvgIpc) is 2.63. The van der Waals surface area contributed by atoms with Gasteiger partial charge in [-0.1, -0.05) is 85.0 Å². The van der Waals surface area contributed by atoms with E-state index in [9.17, 15) is 18.1 Å². The molecule has 0 bridgehead atoms. The first-order valence-electron chi connectivity index (χ1n) is 11.6. The Morgan fingerprint density at radius 2 is 1.28 bits per heavy atom. The topological polar surface area (TPSA) is 106 Å². The summed E-state index contributed by atoms with van der Waals surface area (Å²) in [5, 5.41) is 17.1. The molecule has 3 N–H and O–H groups in total. The van der Waals surface area contributed by atoms with Crippen LogP contribution in [0.1, 0.15) is 117 Å². The predicted molar refractivity (Wildman–Crippen MR) is 121 cm³/mol. The van der Waals surface area contributed by atoms with E-state index in [0.29, 0.717) is 19.3 Å². The van der Waals surface area contributed by atoms with Gasteiger partial charge in [-0.15, -0.1) is 0 Å². The molecule has 0 radical (unpaired) electrons. The van der Waals surface area contributed by atoms with E-state index in [1.54, 1.807) is 21.0 Å². The zero-order valence-electron chi connectivity index (χ0n) is 19.7. The van der Waals surface area contributed by atoms with Crippen LogP contribution in [0.3, 0.4) is 0 Å². The molecule has 0 amide bonds. The molecule has 0 aromatic rings. The van der Waals surface area contributed by atoms with Crippen molar-refractivity contribution < 1.29 is 23.0 Å². The lowest BCUT2D eigenvalue weighted by Gasteiger charge is -2.32. The third-order valence-corrected chi connectivity index (χ3v) is 7.53. The van der Waals surface area contributed by atoms with E-state index in [2.05, 4.69) is 6.92 Å². The number of rotatable bonds is 17. The summed E-state index contributed by atoms with van der Waals surface area (Å²) >= 11 is 0. The maximum absolute atomic E-state index is 11.3. The summed E-state index contributed by atoms with van der Waals surface area (Å²) in [6.45, 7) is 5.95. The monoisotopic (exact) mass is 436 g/mol. The molecule has 0 aliphatic rings. The Morgan fingerprint density at radius 3 is 1.52 bits per heavy atom. The van der Waals surface area contributed by atoms with Crippen LogP contribution in [0.25, 0.3) is 0 Å². The Balaban J connectivity index is 0. The first kappa shape index (κ1) is 30.5. The minimum Gasteiger partial charge on any atom is -0.862 e. The van der Waals surface area contributed by atoms with Crippen molar-refractivity contribution in [1.82, 2.24) is 0 Å². The van der Waals surface area contributed by atoms with Gasteiger partial charge in [-0.3, -0.25) is 4.55 Å². The number of unbranched alkanes of at least 4 members (excludes halogenated alkanes) is 10. The predicted octanol–water partition coefficient (Wildman–Crippen LogP) is 3.95. The SMILES string of the molecule is CCCC(CC)([NH+](C)C)S(=O)(=O)O.CCCCCCCCCCCCCC(=N)[O-]. The highest BCUT2D eigenvalue weighted by Crippen LogP contribution is 2.19. The minimum atomic E-state index is -3.98. The Bertz CT molecular complexity index is 495. The number of hydrogen-bond donors (Lipinski definition) is 3. The largest absolute Gasteiger partial charge is 0.862 e. The van der Waals surface area contributed by atoms with Gasteiger partial charge in [0.05, 0.1) is 14.1 Å². The molecule has 1 atom stereocenters. The molecular weight excluding hydrogens is 388 g/mol. The summed E-state index contributed by atoms with van der Waals surface area (Å²) in [6.07, 6.45) is 16.4. The molecule has 0 aromatic carbocycles. The lowest BCUT2D eigenvalue weighted by Crippen LogP contribution is -3.16. The average molecular weight is 437 g/mol. The van der Waals surface area contributed by atoms with Crippen LogP contribution in [0.15, 0.2) is 0 Å². The quantitative estimate of drug-likeness (QED) is 0.139. The van der Waals surface area contributed by atoms with Gasteiger partial charge < -0.3 is 15.4 Å². The van der Waals surface area contributed by atoms with Gasteiger partial charge in [0.2, 0.25) is 4.87 Å². The summed E-state index contributed by atoms with van der Waals surface area (Å²) in [6, 6.07) is 0. The summed E-state index contributed by atoms with van der Waals surface area (Å²) in [4.78, 5) is -0.263. The highest BCUT2D eigenvalue weighted by Gasteiger charge is 2.46. The van der Waals surface area contributed by atoms with E-state index >= 15 is 0 Å². The van der Waals surface area contributed by atoms with Gasteiger partial charge in [0.15, 0.2) is 0 Å². The molecule has 176 valence electrons. The van der Waals surface area contributed by atoms with Crippen LogP contribution >= 0.6 is 0 Å². The van der Waals surface area contributed by atoms with Crippen molar-refractivity contribution in [2.45, 2.75) is 122 Å². The maximum Gasteiger partial charge on any atom is 0.322 e. The van der Waals surface area contributed by atoms with E-state index in [-0.39, 0.29) is 0 Å². The van der Waals surface area contributed by atoms with Crippen LogP contribution in [-0.4, -0.2) is 37.8 Å². The molecule has 29 heavy (non-hydrogen) atoms. The second-order valence-corrected chi connectivity index (χ2v) is 10.0. The summed E-state index contributed by atoms with van der Waals surface area (Å²) < 4.78 is 31.7.